The first-order valence-corrected chi connectivity index (χ1v) is 7.94. The lowest BCUT2D eigenvalue weighted by molar-refractivity contribution is 0.207. The van der Waals surface area contributed by atoms with E-state index in [0.29, 0.717) is 26.2 Å². The van der Waals surface area contributed by atoms with E-state index in [-0.39, 0.29) is 29.8 Å². The van der Waals surface area contributed by atoms with E-state index < -0.39 is 0 Å². The Bertz CT molecular complexity index is 635. The van der Waals surface area contributed by atoms with Crippen molar-refractivity contribution >= 4 is 29.9 Å². The second-order valence-corrected chi connectivity index (χ2v) is 5.44. The molecule has 0 radical (unpaired) electrons. The molecule has 0 aliphatic carbocycles. The van der Waals surface area contributed by atoms with Gasteiger partial charge in [-0.2, -0.15) is 0 Å². The molecule has 0 saturated carbocycles. The topological polar surface area (TPSA) is 50.0 Å². The SMILES string of the molecule is COCCN=C(NCCc1ccco1)N(C)Cc1cccc(F)c1.I. The standard InChI is InChI=1S/C18H24FN3O2.HI/c1-22(14-15-5-3-6-16(19)13-15)18(21-10-12-23-2)20-9-8-17-7-4-11-24-17;/h3-7,11,13H,8-10,12,14H2,1-2H3,(H,20,21);1H. The summed E-state index contributed by atoms with van der Waals surface area (Å²) in [5.74, 6) is 1.44. The van der Waals surface area contributed by atoms with Gasteiger partial charge >= 0.3 is 0 Å². The summed E-state index contributed by atoms with van der Waals surface area (Å²) >= 11 is 0. The van der Waals surface area contributed by atoms with Crippen molar-refractivity contribution < 1.29 is 13.5 Å². The molecular weight excluding hydrogens is 436 g/mol. The Kier molecular flexibility index (Phi) is 10.2. The summed E-state index contributed by atoms with van der Waals surface area (Å²) in [7, 11) is 3.58. The third kappa shape index (κ3) is 7.87. The summed E-state index contributed by atoms with van der Waals surface area (Å²) in [5, 5.41) is 3.32. The molecule has 1 heterocycles. The van der Waals surface area contributed by atoms with E-state index in [2.05, 4.69) is 10.3 Å². The third-order valence-electron chi connectivity index (χ3n) is 3.46. The fraction of sp³-hybridized carbons (Fsp3) is 0.389. The molecule has 0 aliphatic rings. The fourth-order valence-corrected chi connectivity index (χ4v) is 2.29. The van der Waals surface area contributed by atoms with E-state index in [9.17, 15) is 4.39 Å². The van der Waals surface area contributed by atoms with Crippen LogP contribution in [-0.2, 0) is 17.7 Å². The number of nitrogens with one attached hydrogen (secondary N) is 1. The monoisotopic (exact) mass is 461 g/mol. The van der Waals surface area contributed by atoms with Crippen LogP contribution in [0.4, 0.5) is 4.39 Å². The maximum atomic E-state index is 13.3. The van der Waals surface area contributed by atoms with Crippen molar-refractivity contribution in [2.75, 3.05) is 33.9 Å². The fourth-order valence-electron chi connectivity index (χ4n) is 2.29. The molecule has 2 aromatic rings. The van der Waals surface area contributed by atoms with Crippen LogP contribution in [0.1, 0.15) is 11.3 Å². The van der Waals surface area contributed by atoms with Crippen LogP contribution in [0.15, 0.2) is 52.1 Å². The number of aliphatic imine (C=N–C) groups is 1. The van der Waals surface area contributed by atoms with Gasteiger partial charge in [0.15, 0.2) is 5.96 Å². The summed E-state index contributed by atoms with van der Waals surface area (Å²) in [6, 6.07) is 10.4. The van der Waals surface area contributed by atoms with Gasteiger partial charge in [-0.15, -0.1) is 24.0 Å². The highest BCUT2D eigenvalue weighted by Gasteiger charge is 2.08. The average molecular weight is 461 g/mol. The molecule has 1 N–H and O–H groups in total. The van der Waals surface area contributed by atoms with Crippen molar-refractivity contribution in [1.29, 1.82) is 0 Å². The number of furan rings is 1. The van der Waals surface area contributed by atoms with Crippen LogP contribution in [0.3, 0.4) is 0 Å². The van der Waals surface area contributed by atoms with Crippen LogP contribution in [0.2, 0.25) is 0 Å². The van der Waals surface area contributed by atoms with Gasteiger partial charge in [0.05, 0.1) is 19.4 Å². The van der Waals surface area contributed by atoms with Crippen molar-refractivity contribution in [3.8, 4) is 0 Å². The first-order valence-electron chi connectivity index (χ1n) is 7.94. The van der Waals surface area contributed by atoms with Crippen LogP contribution in [0.5, 0.6) is 0 Å². The molecule has 25 heavy (non-hydrogen) atoms. The van der Waals surface area contributed by atoms with E-state index in [1.54, 1.807) is 19.4 Å². The Morgan fingerprint density at radius 3 is 2.84 bits per heavy atom. The molecule has 0 amide bonds. The Morgan fingerprint density at radius 1 is 1.32 bits per heavy atom. The molecule has 2 rings (SSSR count). The summed E-state index contributed by atoms with van der Waals surface area (Å²) in [6.45, 7) is 2.38. The number of hydrogen-bond acceptors (Lipinski definition) is 3. The number of hydrogen-bond donors (Lipinski definition) is 1. The smallest absolute Gasteiger partial charge is 0.194 e. The second-order valence-electron chi connectivity index (χ2n) is 5.44. The highest BCUT2D eigenvalue weighted by Crippen LogP contribution is 2.07. The lowest BCUT2D eigenvalue weighted by atomic mass is 10.2. The molecule has 5 nitrogen and oxygen atoms in total. The zero-order valence-corrected chi connectivity index (χ0v) is 16.9. The number of nitrogens with zero attached hydrogens (tertiary/aromatic N) is 2. The van der Waals surface area contributed by atoms with Crippen LogP contribution in [0.25, 0.3) is 0 Å². The molecule has 1 aromatic carbocycles. The van der Waals surface area contributed by atoms with Crippen molar-refractivity contribution in [3.05, 3.63) is 59.8 Å². The van der Waals surface area contributed by atoms with Crippen molar-refractivity contribution in [2.24, 2.45) is 4.99 Å². The molecule has 1 aromatic heterocycles. The molecule has 7 heteroatoms. The quantitative estimate of drug-likeness (QED) is 0.284. The normalized spacial score (nSPS) is 11.1. The highest BCUT2D eigenvalue weighted by atomic mass is 127. The first kappa shape index (κ1) is 21.4. The van der Waals surface area contributed by atoms with E-state index in [1.165, 1.54) is 12.1 Å². The minimum atomic E-state index is -0.232. The number of halogens is 2. The van der Waals surface area contributed by atoms with Crippen molar-refractivity contribution in [1.82, 2.24) is 10.2 Å². The van der Waals surface area contributed by atoms with Gasteiger partial charge in [-0.25, -0.2) is 4.39 Å². The van der Waals surface area contributed by atoms with Crippen LogP contribution < -0.4 is 5.32 Å². The van der Waals surface area contributed by atoms with Gasteiger partial charge in [-0.1, -0.05) is 12.1 Å². The number of rotatable bonds is 8. The number of guanidine groups is 1. The third-order valence-corrected chi connectivity index (χ3v) is 3.46. The Hall–Kier alpha value is -1.61. The lowest BCUT2D eigenvalue weighted by Gasteiger charge is -2.22. The molecule has 0 fully saturated rings. The minimum Gasteiger partial charge on any atom is -0.469 e. The second kappa shape index (κ2) is 11.9. The van der Waals surface area contributed by atoms with E-state index >= 15 is 0 Å². The van der Waals surface area contributed by atoms with Gasteiger partial charge in [0.25, 0.3) is 0 Å². The number of methoxy groups -OCH3 is 1. The van der Waals surface area contributed by atoms with E-state index in [4.69, 9.17) is 9.15 Å². The van der Waals surface area contributed by atoms with Gasteiger partial charge in [-0.05, 0) is 29.8 Å². The van der Waals surface area contributed by atoms with Gasteiger partial charge in [0, 0.05) is 33.7 Å². The predicted molar refractivity (Wildman–Crippen MR) is 108 cm³/mol. The Labute approximate surface area is 165 Å². The molecular formula is C18H25FIN3O2. The molecule has 0 unspecified atom stereocenters. The first-order chi connectivity index (χ1) is 11.7. The predicted octanol–water partition coefficient (Wildman–Crippen LogP) is 3.30. The summed E-state index contributed by atoms with van der Waals surface area (Å²) < 4.78 is 23.7. The van der Waals surface area contributed by atoms with Crippen LogP contribution in [0, 0.1) is 5.82 Å². The zero-order valence-electron chi connectivity index (χ0n) is 14.6. The summed E-state index contributed by atoms with van der Waals surface area (Å²) in [6.07, 6.45) is 2.43. The molecule has 138 valence electrons. The molecule has 0 spiro atoms. The Morgan fingerprint density at radius 2 is 2.16 bits per heavy atom. The maximum absolute atomic E-state index is 13.3. The maximum Gasteiger partial charge on any atom is 0.194 e. The number of ether oxygens (including phenoxy) is 1. The van der Waals surface area contributed by atoms with Gasteiger partial charge in [-0.3, -0.25) is 4.99 Å². The average Bonchev–Trinajstić information content (AvgIpc) is 3.07. The lowest BCUT2D eigenvalue weighted by Crippen LogP contribution is -2.39. The number of benzene rings is 1. The molecule has 0 bridgehead atoms. The van der Waals surface area contributed by atoms with Crippen LogP contribution >= 0.6 is 24.0 Å². The Balaban J connectivity index is 0.00000312. The highest BCUT2D eigenvalue weighted by molar-refractivity contribution is 14.0. The molecule has 0 aliphatic heterocycles. The summed E-state index contributed by atoms with van der Waals surface area (Å²) in [4.78, 5) is 6.50. The molecule has 0 atom stereocenters. The van der Waals surface area contributed by atoms with Crippen molar-refractivity contribution in [2.45, 2.75) is 13.0 Å². The largest absolute Gasteiger partial charge is 0.469 e. The zero-order chi connectivity index (χ0) is 17.2. The van der Waals surface area contributed by atoms with Gasteiger partial charge in [0.2, 0.25) is 0 Å². The van der Waals surface area contributed by atoms with Crippen LogP contribution in [-0.4, -0.2) is 44.7 Å². The van der Waals surface area contributed by atoms with Crippen molar-refractivity contribution in [3.63, 3.8) is 0 Å². The van der Waals surface area contributed by atoms with Gasteiger partial charge in [0.1, 0.15) is 11.6 Å². The van der Waals surface area contributed by atoms with Gasteiger partial charge < -0.3 is 19.4 Å². The van der Waals surface area contributed by atoms with E-state index in [0.717, 1.165) is 23.7 Å². The minimum absolute atomic E-state index is 0. The van der Waals surface area contributed by atoms with E-state index in [1.807, 2.05) is 30.1 Å². The summed E-state index contributed by atoms with van der Waals surface area (Å²) in [5.41, 5.74) is 0.893. The molecule has 0 saturated heterocycles.